The highest BCUT2D eigenvalue weighted by atomic mass is 19.1. The molecule has 31 heavy (non-hydrogen) atoms. The van der Waals surface area contributed by atoms with Crippen LogP contribution in [0.2, 0.25) is 0 Å². The second kappa shape index (κ2) is 7.19. The van der Waals surface area contributed by atoms with Crippen molar-refractivity contribution in [3.05, 3.63) is 54.0 Å². The number of fused-ring (bicyclic) bond motifs is 4. The number of hydrogen-bond acceptors (Lipinski definition) is 8. The molecule has 8 nitrogen and oxygen atoms in total. The lowest BCUT2D eigenvalue weighted by Gasteiger charge is -2.41. The van der Waals surface area contributed by atoms with Crippen LogP contribution in [0.4, 0.5) is 15.9 Å². The van der Waals surface area contributed by atoms with E-state index in [9.17, 15) is 4.39 Å². The lowest BCUT2D eigenvalue weighted by atomic mass is 9.99. The summed E-state index contributed by atoms with van der Waals surface area (Å²) < 4.78 is 19.8. The van der Waals surface area contributed by atoms with Crippen LogP contribution in [0.15, 0.2) is 36.8 Å². The minimum atomic E-state index is -0.452. The second-order valence-corrected chi connectivity index (χ2v) is 8.30. The molecule has 2 saturated heterocycles. The summed E-state index contributed by atoms with van der Waals surface area (Å²) in [6.45, 7) is 1.54. The van der Waals surface area contributed by atoms with Crippen molar-refractivity contribution in [1.29, 1.82) is 0 Å². The second-order valence-electron chi connectivity index (χ2n) is 8.30. The first-order chi connectivity index (χ1) is 15.2. The van der Waals surface area contributed by atoms with E-state index in [-0.39, 0.29) is 18.2 Å². The van der Waals surface area contributed by atoms with Gasteiger partial charge in [-0.2, -0.15) is 4.39 Å². The monoisotopic (exact) mass is 419 g/mol. The van der Waals surface area contributed by atoms with E-state index in [4.69, 9.17) is 9.72 Å². The molecular weight excluding hydrogens is 397 g/mol. The Balaban J connectivity index is 1.32. The first-order valence-corrected chi connectivity index (χ1v) is 10.6. The lowest BCUT2D eigenvalue weighted by Crippen LogP contribution is -2.52. The number of hydrogen-bond donors (Lipinski definition) is 0. The van der Waals surface area contributed by atoms with Crippen molar-refractivity contribution in [2.75, 3.05) is 30.0 Å². The molecule has 6 heterocycles. The van der Waals surface area contributed by atoms with Gasteiger partial charge in [-0.15, -0.1) is 0 Å². The first kappa shape index (κ1) is 18.6. The maximum atomic E-state index is 14.5. The molecule has 3 aliphatic rings. The summed E-state index contributed by atoms with van der Waals surface area (Å²) in [5, 5.41) is 0. The standard InChI is InChI=1S/C22H22FN7O/c1-31-15-11-29(12-15)14-8-19(23)28-20(9-14)30-13-3-4-18(30)16-10-26-22(27-17(16)7-13)21-24-5-2-6-25-21/h2,5-6,8-10,13,15,18H,3-4,7,11-12H2,1H3/t13-,18+/m0/s1. The zero-order valence-electron chi connectivity index (χ0n) is 17.1. The van der Waals surface area contributed by atoms with Gasteiger partial charge in [0.15, 0.2) is 11.6 Å². The molecule has 2 bridgehead atoms. The molecule has 0 aliphatic carbocycles. The van der Waals surface area contributed by atoms with E-state index in [0.29, 0.717) is 17.5 Å². The van der Waals surface area contributed by atoms with Crippen LogP contribution in [-0.4, -0.2) is 57.3 Å². The minimum Gasteiger partial charge on any atom is -0.378 e. The topological polar surface area (TPSA) is 80.2 Å². The Morgan fingerprint density at radius 2 is 1.87 bits per heavy atom. The van der Waals surface area contributed by atoms with Crippen molar-refractivity contribution in [2.24, 2.45) is 0 Å². The number of nitrogens with zero attached hydrogens (tertiary/aromatic N) is 7. The molecule has 2 atom stereocenters. The third kappa shape index (κ3) is 3.11. The van der Waals surface area contributed by atoms with Crippen LogP contribution in [0.5, 0.6) is 0 Å². The Labute approximate surface area is 179 Å². The predicted octanol–water partition coefficient (Wildman–Crippen LogP) is 2.57. The maximum Gasteiger partial charge on any atom is 0.216 e. The lowest BCUT2D eigenvalue weighted by molar-refractivity contribution is 0.0787. The molecule has 0 aromatic carbocycles. The van der Waals surface area contributed by atoms with Gasteiger partial charge in [-0.1, -0.05) is 0 Å². The molecule has 0 amide bonds. The van der Waals surface area contributed by atoms with Gasteiger partial charge in [0.05, 0.1) is 17.8 Å². The summed E-state index contributed by atoms with van der Waals surface area (Å²) in [6.07, 6.45) is 8.24. The van der Waals surface area contributed by atoms with Gasteiger partial charge in [0, 0.05) is 74.6 Å². The fourth-order valence-electron chi connectivity index (χ4n) is 4.93. The van der Waals surface area contributed by atoms with Crippen LogP contribution < -0.4 is 9.80 Å². The van der Waals surface area contributed by atoms with Gasteiger partial charge in [-0.3, -0.25) is 0 Å². The summed E-state index contributed by atoms with van der Waals surface area (Å²) in [5.74, 6) is 1.31. The van der Waals surface area contributed by atoms with Crippen molar-refractivity contribution in [1.82, 2.24) is 24.9 Å². The van der Waals surface area contributed by atoms with Gasteiger partial charge in [-0.25, -0.2) is 24.9 Å². The molecule has 3 aromatic heterocycles. The number of rotatable bonds is 4. The predicted molar refractivity (Wildman–Crippen MR) is 112 cm³/mol. The van der Waals surface area contributed by atoms with Crippen LogP contribution in [-0.2, 0) is 11.2 Å². The average Bonchev–Trinajstić information content (AvgIpc) is 3.08. The van der Waals surface area contributed by atoms with Crippen molar-refractivity contribution < 1.29 is 9.13 Å². The smallest absolute Gasteiger partial charge is 0.216 e. The molecule has 0 unspecified atom stereocenters. The zero-order chi connectivity index (χ0) is 20.9. The molecule has 0 N–H and O–H groups in total. The molecule has 3 aromatic rings. The average molecular weight is 419 g/mol. The fourth-order valence-corrected chi connectivity index (χ4v) is 4.93. The number of ether oxygens (including phenoxy) is 1. The largest absolute Gasteiger partial charge is 0.378 e. The highest BCUT2D eigenvalue weighted by Gasteiger charge is 2.42. The van der Waals surface area contributed by atoms with Gasteiger partial charge < -0.3 is 14.5 Å². The highest BCUT2D eigenvalue weighted by Crippen LogP contribution is 2.46. The Morgan fingerprint density at radius 3 is 2.68 bits per heavy atom. The third-order valence-corrected chi connectivity index (χ3v) is 6.53. The molecule has 6 rings (SSSR count). The first-order valence-electron chi connectivity index (χ1n) is 10.6. The molecular formula is C22H22FN7O. The molecule has 2 fully saturated rings. The molecule has 158 valence electrons. The van der Waals surface area contributed by atoms with E-state index < -0.39 is 5.95 Å². The minimum absolute atomic E-state index is 0.102. The zero-order valence-corrected chi connectivity index (χ0v) is 17.1. The van der Waals surface area contributed by atoms with Crippen molar-refractivity contribution in [3.63, 3.8) is 0 Å². The molecule has 0 spiro atoms. The number of pyridine rings is 1. The Hall–Kier alpha value is -3.20. The number of aromatic nitrogens is 5. The highest BCUT2D eigenvalue weighted by molar-refractivity contribution is 5.60. The van der Waals surface area contributed by atoms with Crippen LogP contribution in [0.1, 0.15) is 30.1 Å². The Bertz CT molecular complexity index is 1120. The SMILES string of the molecule is COC1CN(c2cc(F)nc(N3[C@H]4CC[C@@H]3c3cnc(-c5ncccn5)nc3C4)c2)C1. The van der Waals surface area contributed by atoms with Crippen LogP contribution in [0.3, 0.4) is 0 Å². The Kier molecular flexibility index (Phi) is 4.31. The van der Waals surface area contributed by atoms with Crippen LogP contribution in [0, 0.1) is 5.95 Å². The number of halogens is 1. The van der Waals surface area contributed by atoms with E-state index in [0.717, 1.165) is 49.3 Å². The normalized spacial score (nSPS) is 22.4. The van der Waals surface area contributed by atoms with Gasteiger partial charge in [0.25, 0.3) is 0 Å². The van der Waals surface area contributed by atoms with Gasteiger partial charge >= 0.3 is 0 Å². The van der Waals surface area contributed by atoms with Gasteiger partial charge in [0.1, 0.15) is 5.82 Å². The summed E-state index contributed by atoms with van der Waals surface area (Å²) >= 11 is 0. The van der Waals surface area contributed by atoms with E-state index in [2.05, 4.69) is 29.7 Å². The molecule has 0 saturated carbocycles. The number of anilines is 2. The van der Waals surface area contributed by atoms with Crippen LogP contribution >= 0.6 is 0 Å². The summed E-state index contributed by atoms with van der Waals surface area (Å²) in [4.78, 5) is 26.5. The molecule has 0 radical (unpaired) electrons. The van der Waals surface area contributed by atoms with Gasteiger partial charge in [-0.05, 0) is 18.9 Å². The van der Waals surface area contributed by atoms with Gasteiger partial charge in [0.2, 0.25) is 5.95 Å². The van der Waals surface area contributed by atoms with Crippen molar-refractivity contribution >= 4 is 11.5 Å². The summed E-state index contributed by atoms with van der Waals surface area (Å²) in [6, 6.07) is 5.62. The van der Waals surface area contributed by atoms with Crippen molar-refractivity contribution in [2.45, 2.75) is 37.5 Å². The molecule has 3 aliphatic heterocycles. The molecule has 9 heteroatoms. The maximum absolute atomic E-state index is 14.5. The summed E-state index contributed by atoms with van der Waals surface area (Å²) in [7, 11) is 1.71. The van der Waals surface area contributed by atoms with E-state index in [1.54, 1.807) is 25.6 Å². The van der Waals surface area contributed by atoms with Crippen molar-refractivity contribution in [3.8, 4) is 11.6 Å². The third-order valence-electron chi connectivity index (χ3n) is 6.53. The number of methoxy groups -OCH3 is 1. The van der Waals surface area contributed by atoms with E-state index >= 15 is 0 Å². The summed E-state index contributed by atoms with van der Waals surface area (Å²) in [5.41, 5.74) is 2.97. The van der Waals surface area contributed by atoms with E-state index in [1.165, 1.54) is 6.07 Å². The van der Waals surface area contributed by atoms with Crippen LogP contribution in [0.25, 0.3) is 11.6 Å². The quantitative estimate of drug-likeness (QED) is 0.597. The van der Waals surface area contributed by atoms with E-state index in [1.807, 2.05) is 12.3 Å². The fraction of sp³-hybridized carbons (Fsp3) is 0.409. The Morgan fingerprint density at radius 1 is 1.03 bits per heavy atom.